The van der Waals surface area contributed by atoms with Crippen molar-refractivity contribution in [2.45, 2.75) is 69.4 Å². The van der Waals surface area contributed by atoms with Crippen LogP contribution in [0.1, 0.15) is 57.4 Å². The summed E-state index contributed by atoms with van der Waals surface area (Å²) >= 11 is 0. The zero-order valence-corrected chi connectivity index (χ0v) is 13.3. The minimum atomic E-state index is 0.371. The molecule has 1 saturated heterocycles. The molecule has 1 aliphatic heterocycles. The second-order valence-electron chi connectivity index (χ2n) is 6.70. The van der Waals surface area contributed by atoms with E-state index in [9.17, 15) is 0 Å². The van der Waals surface area contributed by atoms with Gasteiger partial charge < -0.3 is 10.1 Å². The van der Waals surface area contributed by atoms with Crippen LogP contribution in [0.3, 0.4) is 0 Å². The summed E-state index contributed by atoms with van der Waals surface area (Å²) in [4.78, 5) is 0. The molecule has 0 amide bonds. The van der Waals surface area contributed by atoms with Crippen molar-refractivity contribution in [1.82, 2.24) is 5.32 Å². The first kappa shape index (κ1) is 15.1. The molecule has 0 spiro atoms. The molecule has 116 valence electrons. The highest BCUT2D eigenvalue weighted by Crippen LogP contribution is 2.47. The van der Waals surface area contributed by atoms with Gasteiger partial charge in [0.1, 0.15) is 0 Å². The maximum absolute atomic E-state index is 5.82. The van der Waals surface area contributed by atoms with Crippen molar-refractivity contribution in [3.8, 4) is 0 Å². The zero-order chi connectivity index (χ0) is 14.5. The topological polar surface area (TPSA) is 21.3 Å². The van der Waals surface area contributed by atoms with Gasteiger partial charge in [0.15, 0.2) is 0 Å². The lowest BCUT2D eigenvalue weighted by atomic mass is 9.59. The fraction of sp³-hybridized carbons (Fsp3) is 0.684. The molecule has 2 atom stereocenters. The molecule has 1 aliphatic carbocycles. The van der Waals surface area contributed by atoms with Crippen molar-refractivity contribution in [3.05, 3.63) is 35.9 Å². The van der Waals surface area contributed by atoms with Crippen LogP contribution in [-0.4, -0.2) is 25.3 Å². The predicted octanol–water partition coefficient (Wildman–Crippen LogP) is 4.05. The van der Waals surface area contributed by atoms with Crippen LogP contribution in [0.5, 0.6) is 0 Å². The maximum atomic E-state index is 5.82. The number of hydrogen-bond acceptors (Lipinski definition) is 2. The largest absolute Gasteiger partial charge is 0.378 e. The minimum Gasteiger partial charge on any atom is -0.378 e. The predicted molar refractivity (Wildman–Crippen MR) is 87.6 cm³/mol. The van der Waals surface area contributed by atoms with Crippen LogP contribution in [0.2, 0.25) is 0 Å². The lowest BCUT2D eigenvalue weighted by molar-refractivity contribution is 0.0875. The van der Waals surface area contributed by atoms with Gasteiger partial charge in [0, 0.05) is 18.1 Å². The third-order valence-corrected chi connectivity index (χ3v) is 5.51. The summed E-state index contributed by atoms with van der Waals surface area (Å²) in [5.41, 5.74) is 1.91. The molecule has 0 radical (unpaired) electrons. The molecule has 1 heterocycles. The fourth-order valence-corrected chi connectivity index (χ4v) is 4.21. The summed E-state index contributed by atoms with van der Waals surface area (Å²) in [6.45, 7) is 4.27. The molecule has 3 rings (SSSR count). The Balaban J connectivity index is 1.71. The van der Waals surface area contributed by atoms with Crippen LogP contribution in [-0.2, 0) is 10.2 Å². The highest BCUT2D eigenvalue weighted by atomic mass is 16.5. The van der Waals surface area contributed by atoms with Gasteiger partial charge in [-0.1, -0.05) is 43.7 Å². The molecular formula is C19H29NO. The molecule has 2 fully saturated rings. The third kappa shape index (κ3) is 3.17. The first-order valence-corrected chi connectivity index (χ1v) is 8.75. The Morgan fingerprint density at radius 1 is 1.24 bits per heavy atom. The molecule has 21 heavy (non-hydrogen) atoms. The first-order valence-electron chi connectivity index (χ1n) is 8.75. The summed E-state index contributed by atoms with van der Waals surface area (Å²) in [5, 5.41) is 3.79. The van der Waals surface area contributed by atoms with Gasteiger partial charge in [-0.15, -0.1) is 0 Å². The Bertz CT molecular complexity index is 420. The van der Waals surface area contributed by atoms with E-state index in [1.807, 2.05) is 0 Å². The molecule has 1 aromatic carbocycles. The Morgan fingerprint density at radius 3 is 2.62 bits per heavy atom. The molecule has 2 nitrogen and oxygen atoms in total. The van der Waals surface area contributed by atoms with Gasteiger partial charge in [0.25, 0.3) is 0 Å². The number of ether oxygens (including phenoxy) is 1. The quantitative estimate of drug-likeness (QED) is 0.817. The van der Waals surface area contributed by atoms with Crippen LogP contribution in [0.25, 0.3) is 0 Å². The van der Waals surface area contributed by atoms with Crippen molar-refractivity contribution in [2.75, 3.05) is 13.2 Å². The van der Waals surface area contributed by atoms with Crippen molar-refractivity contribution in [2.24, 2.45) is 0 Å². The van der Waals surface area contributed by atoms with E-state index in [-0.39, 0.29) is 0 Å². The summed E-state index contributed by atoms with van der Waals surface area (Å²) in [6, 6.07) is 11.8. The van der Waals surface area contributed by atoms with Gasteiger partial charge in [-0.3, -0.25) is 0 Å². The Labute approximate surface area is 129 Å². The summed E-state index contributed by atoms with van der Waals surface area (Å²) < 4.78 is 5.82. The molecule has 0 bridgehead atoms. The molecule has 2 unspecified atom stereocenters. The highest BCUT2D eigenvalue weighted by Gasteiger charge is 2.44. The van der Waals surface area contributed by atoms with Crippen LogP contribution < -0.4 is 5.32 Å². The van der Waals surface area contributed by atoms with E-state index < -0.39 is 0 Å². The van der Waals surface area contributed by atoms with Crippen molar-refractivity contribution in [3.63, 3.8) is 0 Å². The van der Waals surface area contributed by atoms with Gasteiger partial charge in [-0.2, -0.15) is 0 Å². The monoisotopic (exact) mass is 287 g/mol. The second kappa shape index (κ2) is 6.93. The minimum absolute atomic E-state index is 0.371. The summed E-state index contributed by atoms with van der Waals surface area (Å²) in [6.07, 6.45) is 9.52. The lowest BCUT2D eigenvalue weighted by Crippen LogP contribution is -2.53. The molecule has 1 saturated carbocycles. The third-order valence-electron chi connectivity index (χ3n) is 5.51. The number of nitrogens with one attached hydrogen (secondary N) is 1. The Morgan fingerprint density at radius 2 is 2.05 bits per heavy atom. The number of rotatable bonds is 7. The van der Waals surface area contributed by atoms with E-state index in [1.165, 1.54) is 50.5 Å². The maximum Gasteiger partial charge on any atom is 0.0576 e. The summed E-state index contributed by atoms with van der Waals surface area (Å²) in [5.74, 6) is 0. The van der Waals surface area contributed by atoms with Crippen molar-refractivity contribution < 1.29 is 4.74 Å². The van der Waals surface area contributed by atoms with Gasteiger partial charge in [0.05, 0.1) is 6.10 Å². The van der Waals surface area contributed by atoms with Crippen LogP contribution in [0.4, 0.5) is 0 Å². The SMILES string of the molecule is CCNC(CCC1CCCO1)C1(c2ccccc2)CCC1. The second-order valence-corrected chi connectivity index (χ2v) is 6.70. The average Bonchev–Trinajstić information content (AvgIpc) is 2.98. The molecular weight excluding hydrogens is 258 g/mol. The van der Waals surface area contributed by atoms with E-state index in [4.69, 9.17) is 4.74 Å². The van der Waals surface area contributed by atoms with E-state index >= 15 is 0 Å². The van der Waals surface area contributed by atoms with Crippen LogP contribution in [0, 0.1) is 0 Å². The Hall–Kier alpha value is -0.860. The van der Waals surface area contributed by atoms with E-state index in [0.717, 1.165) is 13.2 Å². The normalized spacial score (nSPS) is 25.5. The first-order chi connectivity index (χ1) is 10.3. The molecule has 2 heteroatoms. The smallest absolute Gasteiger partial charge is 0.0576 e. The molecule has 0 aromatic heterocycles. The van der Waals surface area contributed by atoms with Gasteiger partial charge >= 0.3 is 0 Å². The highest BCUT2D eigenvalue weighted by molar-refractivity contribution is 5.30. The van der Waals surface area contributed by atoms with E-state index in [0.29, 0.717) is 17.6 Å². The lowest BCUT2D eigenvalue weighted by Gasteiger charge is -2.49. The van der Waals surface area contributed by atoms with Crippen LogP contribution >= 0.6 is 0 Å². The standard InChI is InChI=1S/C19H29NO/c1-2-20-18(12-11-17-10-6-15-21-17)19(13-7-14-19)16-8-4-3-5-9-16/h3-5,8-9,17-18,20H,2,6-7,10-15H2,1H3. The van der Waals surface area contributed by atoms with Gasteiger partial charge in [-0.25, -0.2) is 0 Å². The van der Waals surface area contributed by atoms with Gasteiger partial charge in [-0.05, 0) is 50.6 Å². The number of likely N-dealkylation sites (N-methyl/N-ethyl adjacent to an activating group) is 1. The van der Waals surface area contributed by atoms with Crippen LogP contribution in [0.15, 0.2) is 30.3 Å². The zero-order valence-electron chi connectivity index (χ0n) is 13.3. The number of benzene rings is 1. The van der Waals surface area contributed by atoms with E-state index in [2.05, 4.69) is 42.6 Å². The number of hydrogen-bond donors (Lipinski definition) is 1. The Kier molecular flexibility index (Phi) is 4.97. The van der Waals surface area contributed by atoms with Gasteiger partial charge in [0.2, 0.25) is 0 Å². The van der Waals surface area contributed by atoms with E-state index in [1.54, 1.807) is 0 Å². The van der Waals surface area contributed by atoms with Crippen molar-refractivity contribution >= 4 is 0 Å². The average molecular weight is 287 g/mol. The summed E-state index contributed by atoms with van der Waals surface area (Å²) in [7, 11) is 0. The molecule has 1 N–H and O–H groups in total. The molecule has 1 aromatic rings. The molecule has 2 aliphatic rings. The fourth-order valence-electron chi connectivity index (χ4n) is 4.21. The van der Waals surface area contributed by atoms with Crippen molar-refractivity contribution in [1.29, 1.82) is 0 Å².